The summed E-state index contributed by atoms with van der Waals surface area (Å²) < 4.78 is 4.98. The van der Waals surface area contributed by atoms with E-state index < -0.39 is 0 Å². The zero-order valence-electron chi connectivity index (χ0n) is 12.1. The smallest absolute Gasteiger partial charge is 0.254 e. The third kappa shape index (κ3) is 3.80. The molecule has 1 heterocycles. The number of anilines is 1. The zero-order chi connectivity index (χ0) is 15.2. The van der Waals surface area contributed by atoms with Crippen molar-refractivity contribution < 1.29 is 19.4 Å². The minimum absolute atomic E-state index is 0.00331. The average Bonchev–Trinajstić information content (AvgIpc) is 2.50. The van der Waals surface area contributed by atoms with Crippen LogP contribution in [0.2, 0.25) is 0 Å². The van der Waals surface area contributed by atoms with Crippen molar-refractivity contribution in [1.82, 2.24) is 4.90 Å². The summed E-state index contributed by atoms with van der Waals surface area (Å²) in [5, 5.41) is 11.9. The molecular weight excluding hydrogens is 272 g/mol. The highest BCUT2D eigenvalue weighted by molar-refractivity contribution is 5.98. The van der Waals surface area contributed by atoms with E-state index in [2.05, 4.69) is 5.32 Å². The van der Waals surface area contributed by atoms with E-state index in [1.165, 1.54) is 0 Å². The highest BCUT2D eigenvalue weighted by Gasteiger charge is 2.19. The molecule has 0 saturated heterocycles. The number of amides is 2. The van der Waals surface area contributed by atoms with Gasteiger partial charge >= 0.3 is 0 Å². The molecule has 0 atom stereocenters. The van der Waals surface area contributed by atoms with Crippen molar-refractivity contribution in [2.24, 2.45) is 0 Å². The van der Waals surface area contributed by atoms with Gasteiger partial charge in [-0.15, -0.1) is 0 Å². The van der Waals surface area contributed by atoms with Gasteiger partial charge in [0, 0.05) is 37.9 Å². The second kappa shape index (κ2) is 7.19. The number of methoxy groups -OCH3 is 1. The number of benzene rings is 1. The molecule has 0 spiro atoms. The molecule has 2 rings (SSSR count). The van der Waals surface area contributed by atoms with Gasteiger partial charge in [0.15, 0.2) is 0 Å². The largest absolute Gasteiger partial charge is 0.395 e. The number of nitrogens with zero attached hydrogens (tertiary/aromatic N) is 1. The second-order valence-electron chi connectivity index (χ2n) is 4.93. The zero-order valence-corrected chi connectivity index (χ0v) is 12.1. The molecule has 0 unspecified atom stereocenters. The molecular formula is C15H20N2O4. The summed E-state index contributed by atoms with van der Waals surface area (Å²) in [5.74, 6) is -0.135. The number of fused-ring (bicyclic) bond motifs is 1. The van der Waals surface area contributed by atoms with E-state index in [9.17, 15) is 9.59 Å². The first-order valence-corrected chi connectivity index (χ1v) is 6.97. The Balaban J connectivity index is 2.16. The Bertz CT molecular complexity index is 530. The topological polar surface area (TPSA) is 78.9 Å². The Morgan fingerprint density at radius 1 is 1.38 bits per heavy atom. The number of hydrogen-bond donors (Lipinski definition) is 2. The van der Waals surface area contributed by atoms with Gasteiger partial charge in [0.2, 0.25) is 5.91 Å². The van der Waals surface area contributed by atoms with E-state index in [0.717, 1.165) is 11.3 Å². The molecule has 21 heavy (non-hydrogen) atoms. The van der Waals surface area contributed by atoms with Crippen molar-refractivity contribution >= 4 is 17.5 Å². The molecule has 1 aromatic rings. The predicted molar refractivity (Wildman–Crippen MR) is 78.3 cm³/mol. The van der Waals surface area contributed by atoms with Crippen LogP contribution in [0.5, 0.6) is 0 Å². The number of aliphatic hydroxyl groups is 1. The standard InChI is InChI=1S/C15H20N2O4/c1-21-9-7-17(6-8-18)15(20)12-2-4-13-11(10-12)3-5-14(19)16-13/h2,4,10,18H,3,5-9H2,1H3,(H,16,19). The first kappa shape index (κ1) is 15.5. The first-order chi connectivity index (χ1) is 10.2. The van der Waals surface area contributed by atoms with Crippen LogP contribution in [0.4, 0.5) is 5.69 Å². The number of ether oxygens (including phenoxy) is 1. The number of rotatable bonds is 6. The Hall–Kier alpha value is -1.92. The predicted octanol–water partition coefficient (Wildman–Crippen LogP) is 0.652. The van der Waals surface area contributed by atoms with Crippen molar-refractivity contribution in [1.29, 1.82) is 0 Å². The summed E-state index contributed by atoms with van der Waals surface area (Å²) in [6.45, 7) is 1.04. The maximum Gasteiger partial charge on any atom is 0.254 e. The molecule has 114 valence electrons. The van der Waals surface area contributed by atoms with E-state index >= 15 is 0 Å². The van der Waals surface area contributed by atoms with Gasteiger partial charge in [0.05, 0.1) is 13.2 Å². The van der Waals surface area contributed by atoms with Crippen molar-refractivity contribution in [2.45, 2.75) is 12.8 Å². The van der Waals surface area contributed by atoms with Crippen LogP contribution in [0.25, 0.3) is 0 Å². The van der Waals surface area contributed by atoms with Gasteiger partial charge in [-0.3, -0.25) is 9.59 Å². The third-order valence-corrected chi connectivity index (χ3v) is 3.47. The Morgan fingerprint density at radius 2 is 2.19 bits per heavy atom. The molecule has 0 saturated carbocycles. The number of nitrogens with one attached hydrogen (secondary N) is 1. The summed E-state index contributed by atoms with van der Waals surface area (Å²) in [4.78, 5) is 25.4. The normalized spacial score (nSPS) is 13.5. The molecule has 1 aromatic carbocycles. The Kier molecular flexibility index (Phi) is 5.30. The summed E-state index contributed by atoms with van der Waals surface area (Å²) in [6.07, 6.45) is 1.08. The summed E-state index contributed by atoms with van der Waals surface area (Å²) in [7, 11) is 1.57. The second-order valence-corrected chi connectivity index (χ2v) is 4.93. The first-order valence-electron chi connectivity index (χ1n) is 6.97. The van der Waals surface area contributed by atoms with Crippen LogP contribution in [0, 0.1) is 0 Å². The van der Waals surface area contributed by atoms with Crippen LogP contribution in [0.3, 0.4) is 0 Å². The third-order valence-electron chi connectivity index (χ3n) is 3.47. The van der Waals surface area contributed by atoms with Gasteiger partial charge < -0.3 is 20.1 Å². The Morgan fingerprint density at radius 3 is 2.90 bits per heavy atom. The molecule has 2 N–H and O–H groups in total. The van der Waals surface area contributed by atoms with Crippen molar-refractivity contribution in [3.05, 3.63) is 29.3 Å². The fourth-order valence-electron chi connectivity index (χ4n) is 2.34. The van der Waals surface area contributed by atoms with E-state index in [-0.39, 0.29) is 25.0 Å². The molecule has 2 amide bonds. The number of hydrogen-bond acceptors (Lipinski definition) is 4. The van der Waals surface area contributed by atoms with E-state index in [4.69, 9.17) is 9.84 Å². The van der Waals surface area contributed by atoms with Crippen LogP contribution in [-0.4, -0.2) is 55.2 Å². The maximum atomic E-state index is 12.5. The fraction of sp³-hybridized carbons (Fsp3) is 0.467. The number of carbonyl (C=O) groups is 2. The summed E-state index contributed by atoms with van der Waals surface area (Å²) in [5.41, 5.74) is 2.30. The van der Waals surface area contributed by atoms with Crippen molar-refractivity contribution in [3.8, 4) is 0 Å². The van der Waals surface area contributed by atoms with Gasteiger partial charge in [0.25, 0.3) is 5.91 Å². The van der Waals surface area contributed by atoms with E-state index in [1.807, 2.05) is 6.07 Å². The summed E-state index contributed by atoms with van der Waals surface area (Å²) >= 11 is 0. The van der Waals surface area contributed by atoms with Gasteiger partial charge in [0.1, 0.15) is 0 Å². The average molecular weight is 292 g/mol. The highest BCUT2D eigenvalue weighted by atomic mass is 16.5. The van der Waals surface area contributed by atoms with E-state index in [1.54, 1.807) is 24.1 Å². The minimum Gasteiger partial charge on any atom is -0.395 e. The van der Waals surface area contributed by atoms with Crippen molar-refractivity contribution in [2.75, 3.05) is 38.7 Å². The molecule has 6 heteroatoms. The molecule has 0 aromatic heterocycles. The SMILES string of the molecule is COCCN(CCO)C(=O)c1ccc2c(c1)CCC(=O)N2. The van der Waals surface area contributed by atoms with Crippen LogP contribution >= 0.6 is 0 Å². The lowest BCUT2D eigenvalue weighted by Gasteiger charge is -2.23. The number of carbonyl (C=O) groups excluding carboxylic acids is 2. The number of aryl methyl sites for hydroxylation is 1. The van der Waals surface area contributed by atoms with Crippen molar-refractivity contribution in [3.63, 3.8) is 0 Å². The molecule has 6 nitrogen and oxygen atoms in total. The lowest BCUT2D eigenvalue weighted by molar-refractivity contribution is -0.116. The lowest BCUT2D eigenvalue weighted by atomic mass is 10.00. The quantitative estimate of drug-likeness (QED) is 0.807. The van der Waals surface area contributed by atoms with Gasteiger partial charge in [-0.25, -0.2) is 0 Å². The molecule has 0 aliphatic carbocycles. The molecule has 0 fully saturated rings. The minimum atomic E-state index is -0.138. The van der Waals surface area contributed by atoms with E-state index in [0.29, 0.717) is 31.6 Å². The summed E-state index contributed by atoms with van der Waals surface area (Å²) in [6, 6.07) is 5.27. The fourth-order valence-corrected chi connectivity index (χ4v) is 2.34. The monoisotopic (exact) mass is 292 g/mol. The van der Waals surface area contributed by atoms with Crippen LogP contribution < -0.4 is 5.32 Å². The molecule has 1 aliphatic heterocycles. The van der Waals surface area contributed by atoms with Crippen LogP contribution in [-0.2, 0) is 16.0 Å². The molecule has 1 aliphatic rings. The molecule has 0 bridgehead atoms. The van der Waals surface area contributed by atoms with Gasteiger partial charge in [-0.2, -0.15) is 0 Å². The van der Waals surface area contributed by atoms with Gasteiger partial charge in [-0.1, -0.05) is 0 Å². The maximum absolute atomic E-state index is 12.5. The van der Waals surface area contributed by atoms with Gasteiger partial charge in [-0.05, 0) is 30.2 Å². The Labute approximate surface area is 123 Å². The highest BCUT2D eigenvalue weighted by Crippen LogP contribution is 2.24. The molecule has 0 radical (unpaired) electrons. The number of aliphatic hydroxyl groups excluding tert-OH is 1. The lowest BCUT2D eigenvalue weighted by Crippen LogP contribution is -2.36. The van der Waals surface area contributed by atoms with Crippen LogP contribution in [0.15, 0.2) is 18.2 Å². The van der Waals surface area contributed by atoms with Crippen LogP contribution in [0.1, 0.15) is 22.3 Å².